The standard InChI is InChI=1S/C24H22F4N6O/c25-15-1-3-16(4-2-15)32-20-18(21(35)31-13-24(26,27)28)11-30-22(34-20)33-17-5-6-19-14(9-17)10-29-12-23(19)7-8-23/h1-6,9,11,29H,7-8,10,12-13H2,(H,31,35)(H2,30,32,33,34). The van der Waals surface area contributed by atoms with Gasteiger partial charge < -0.3 is 21.3 Å². The zero-order valence-electron chi connectivity index (χ0n) is 18.5. The van der Waals surface area contributed by atoms with Gasteiger partial charge in [0.1, 0.15) is 23.7 Å². The third-order valence-corrected chi connectivity index (χ3v) is 6.15. The first-order chi connectivity index (χ1) is 16.7. The maximum absolute atomic E-state index is 13.3. The van der Waals surface area contributed by atoms with Gasteiger partial charge in [-0.05, 0) is 60.4 Å². The normalized spacial score (nSPS) is 15.9. The number of benzene rings is 2. The Morgan fingerprint density at radius 1 is 1.06 bits per heavy atom. The van der Waals surface area contributed by atoms with Crippen LogP contribution in [0.2, 0.25) is 0 Å². The molecule has 1 amide bonds. The van der Waals surface area contributed by atoms with E-state index in [0.717, 1.165) is 25.0 Å². The second-order valence-corrected chi connectivity index (χ2v) is 8.77. The molecule has 3 aromatic rings. The number of aromatic nitrogens is 2. The summed E-state index contributed by atoms with van der Waals surface area (Å²) in [5.74, 6) is -1.33. The van der Waals surface area contributed by atoms with Crippen molar-refractivity contribution < 1.29 is 22.4 Å². The second kappa shape index (κ2) is 8.81. The average molecular weight is 486 g/mol. The van der Waals surface area contributed by atoms with E-state index in [9.17, 15) is 22.4 Å². The number of amides is 1. The molecule has 1 saturated carbocycles. The van der Waals surface area contributed by atoms with E-state index in [1.54, 1.807) is 0 Å². The highest BCUT2D eigenvalue weighted by Crippen LogP contribution is 2.50. The van der Waals surface area contributed by atoms with Crippen LogP contribution in [0.15, 0.2) is 48.7 Å². The molecule has 1 aliphatic carbocycles. The molecule has 5 rings (SSSR count). The lowest BCUT2D eigenvalue weighted by Crippen LogP contribution is -2.34. The van der Waals surface area contributed by atoms with Gasteiger partial charge in [-0.3, -0.25) is 4.79 Å². The van der Waals surface area contributed by atoms with Gasteiger partial charge in [0, 0.05) is 36.1 Å². The average Bonchev–Trinajstić information content (AvgIpc) is 3.59. The molecule has 182 valence electrons. The van der Waals surface area contributed by atoms with Gasteiger partial charge in [-0.15, -0.1) is 0 Å². The number of nitrogens with one attached hydrogen (secondary N) is 4. The molecule has 0 unspecified atom stereocenters. The Morgan fingerprint density at radius 2 is 1.80 bits per heavy atom. The summed E-state index contributed by atoms with van der Waals surface area (Å²) in [7, 11) is 0. The molecule has 1 spiro atoms. The van der Waals surface area contributed by atoms with Crippen LogP contribution in [0.4, 0.5) is 40.7 Å². The maximum Gasteiger partial charge on any atom is 0.405 e. The summed E-state index contributed by atoms with van der Waals surface area (Å²) < 4.78 is 51.0. The lowest BCUT2D eigenvalue weighted by molar-refractivity contribution is -0.123. The van der Waals surface area contributed by atoms with E-state index in [1.807, 2.05) is 17.4 Å². The van der Waals surface area contributed by atoms with Crippen LogP contribution in [-0.2, 0) is 12.0 Å². The van der Waals surface area contributed by atoms with Gasteiger partial charge in [-0.25, -0.2) is 9.37 Å². The van der Waals surface area contributed by atoms with Crippen LogP contribution in [0.5, 0.6) is 0 Å². The number of fused-ring (bicyclic) bond motifs is 2. The quantitative estimate of drug-likeness (QED) is 0.383. The molecule has 35 heavy (non-hydrogen) atoms. The lowest BCUT2D eigenvalue weighted by atomic mass is 9.88. The largest absolute Gasteiger partial charge is 0.405 e. The van der Waals surface area contributed by atoms with Crippen LogP contribution in [0.25, 0.3) is 0 Å². The highest BCUT2D eigenvalue weighted by atomic mass is 19.4. The minimum Gasteiger partial charge on any atom is -0.343 e. The van der Waals surface area contributed by atoms with Gasteiger partial charge in [0.25, 0.3) is 5.91 Å². The minimum absolute atomic E-state index is 0.0228. The number of rotatable bonds is 6. The van der Waals surface area contributed by atoms with Crippen LogP contribution in [-0.4, -0.2) is 35.1 Å². The minimum atomic E-state index is -4.57. The van der Waals surface area contributed by atoms with Crippen LogP contribution in [0.3, 0.4) is 0 Å². The van der Waals surface area contributed by atoms with Crippen molar-refractivity contribution in [1.82, 2.24) is 20.6 Å². The molecule has 2 heterocycles. The monoisotopic (exact) mass is 486 g/mol. The molecular formula is C24H22F4N6O. The number of hydrogen-bond acceptors (Lipinski definition) is 6. The number of alkyl halides is 3. The van der Waals surface area contributed by atoms with Gasteiger partial charge in [0.15, 0.2) is 0 Å². The van der Waals surface area contributed by atoms with Gasteiger partial charge in [0.2, 0.25) is 5.95 Å². The fourth-order valence-electron chi connectivity index (χ4n) is 4.24. The SMILES string of the molecule is O=C(NCC(F)(F)F)c1cnc(Nc2ccc3c(c2)CNCC32CC2)nc1Nc1ccc(F)cc1. The molecule has 0 saturated heterocycles. The molecule has 4 N–H and O–H groups in total. The summed E-state index contributed by atoms with van der Waals surface area (Å²) in [5.41, 5.74) is 3.72. The smallest absolute Gasteiger partial charge is 0.343 e. The van der Waals surface area contributed by atoms with Crippen molar-refractivity contribution in [2.45, 2.75) is 31.0 Å². The predicted octanol–water partition coefficient (Wildman–Crippen LogP) is 4.53. The summed E-state index contributed by atoms with van der Waals surface area (Å²) >= 11 is 0. The van der Waals surface area contributed by atoms with E-state index in [2.05, 4.69) is 32.0 Å². The van der Waals surface area contributed by atoms with Gasteiger partial charge in [-0.2, -0.15) is 18.2 Å². The number of carbonyl (C=O) groups excluding carboxylic acids is 1. The van der Waals surface area contributed by atoms with E-state index in [4.69, 9.17) is 0 Å². The highest BCUT2D eigenvalue weighted by Gasteiger charge is 2.46. The van der Waals surface area contributed by atoms with E-state index in [-0.39, 0.29) is 22.7 Å². The fourth-order valence-corrected chi connectivity index (χ4v) is 4.24. The van der Waals surface area contributed by atoms with Crippen molar-refractivity contribution in [3.05, 3.63) is 71.2 Å². The molecular weight excluding hydrogens is 464 g/mol. The first-order valence-corrected chi connectivity index (χ1v) is 11.1. The molecule has 7 nitrogen and oxygen atoms in total. The van der Waals surface area contributed by atoms with E-state index < -0.39 is 24.4 Å². The van der Waals surface area contributed by atoms with Crippen LogP contribution >= 0.6 is 0 Å². The van der Waals surface area contributed by atoms with Gasteiger partial charge >= 0.3 is 6.18 Å². The van der Waals surface area contributed by atoms with Crippen LogP contribution in [0, 0.1) is 5.82 Å². The molecule has 0 radical (unpaired) electrons. The fraction of sp³-hybridized carbons (Fsp3) is 0.292. The first-order valence-electron chi connectivity index (χ1n) is 11.1. The number of anilines is 4. The summed E-state index contributed by atoms with van der Waals surface area (Å²) in [5, 5.41) is 11.2. The molecule has 1 aromatic heterocycles. The van der Waals surface area contributed by atoms with Crippen molar-refractivity contribution in [2.24, 2.45) is 0 Å². The molecule has 2 aromatic carbocycles. The van der Waals surface area contributed by atoms with Crippen molar-refractivity contribution in [3.63, 3.8) is 0 Å². The van der Waals surface area contributed by atoms with Crippen LogP contribution in [0.1, 0.15) is 34.3 Å². The Hall–Kier alpha value is -3.73. The van der Waals surface area contributed by atoms with E-state index >= 15 is 0 Å². The van der Waals surface area contributed by atoms with Gasteiger partial charge in [-0.1, -0.05) is 6.07 Å². The predicted molar refractivity (Wildman–Crippen MR) is 122 cm³/mol. The Labute approximate surface area is 198 Å². The first kappa shape index (κ1) is 23.0. The number of nitrogens with zero attached hydrogens (tertiary/aromatic N) is 2. The maximum atomic E-state index is 13.3. The lowest BCUT2D eigenvalue weighted by Gasteiger charge is -2.26. The Kier molecular flexibility index (Phi) is 5.79. The zero-order valence-corrected chi connectivity index (χ0v) is 18.5. The number of halogens is 4. The summed E-state index contributed by atoms with van der Waals surface area (Å²) in [6, 6.07) is 11.3. The third-order valence-electron chi connectivity index (χ3n) is 6.15. The molecule has 0 atom stereocenters. The molecule has 2 aliphatic rings. The van der Waals surface area contributed by atoms with Crippen molar-refractivity contribution in [1.29, 1.82) is 0 Å². The third kappa shape index (κ3) is 5.19. The highest BCUT2D eigenvalue weighted by molar-refractivity contribution is 5.99. The van der Waals surface area contributed by atoms with E-state index in [0.29, 0.717) is 5.69 Å². The Balaban J connectivity index is 1.41. The van der Waals surface area contributed by atoms with Crippen molar-refractivity contribution >= 4 is 29.0 Å². The van der Waals surface area contributed by atoms with Crippen LogP contribution < -0.4 is 21.3 Å². The van der Waals surface area contributed by atoms with Crippen molar-refractivity contribution in [3.8, 4) is 0 Å². The molecule has 1 fully saturated rings. The van der Waals surface area contributed by atoms with Gasteiger partial charge in [0.05, 0.1) is 0 Å². The van der Waals surface area contributed by atoms with Crippen molar-refractivity contribution in [2.75, 3.05) is 23.7 Å². The zero-order chi connectivity index (χ0) is 24.6. The van der Waals surface area contributed by atoms with E-state index in [1.165, 1.54) is 48.2 Å². The summed E-state index contributed by atoms with van der Waals surface area (Å²) in [6.07, 6.45) is -1.09. The number of hydrogen-bond donors (Lipinski definition) is 4. The summed E-state index contributed by atoms with van der Waals surface area (Å²) in [6.45, 7) is 0.238. The Bertz CT molecular complexity index is 1260. The Morgan fingerprint density at radius 3 is 2.51 bits per heavy atom. The molecule has 1 aliphatic heterocycles. The topological polar surface area (TPSA) is 91.0 Å². The number of carbonyl (C=O) groups is 1. The molecule has 11 heteroatoms. The summed E-state index contributed by atoms with van der Waals surface area (Å²) in [4.78, 5) is 20.9. The molecule has 0 bridgehead atoms. The second-order valence-electron chi connectivity index (χ2n) is 8.77.